The Bertz CT molecular complexity index is 957. The van der Waals surface area contributed by atoms with E-state index in [1.54, 1.807) is 32.2 Å². The minimum Gasteiger partial charge on any atom is -0.394 e. The van der Waals surface area contributed by atoms with Crippen LogP contribution in [-0.2, 0) is 4.74 Å². The van der Waals surface area contributed by atoms with Gasteiger partial charge < -0.3 is 25.0 Å². The fourth-order valence-corrected chi connectivity index (χ4v) is 3.98. The second-order valence-corrected chi connectivity index (χ2v) is 9.09. The average molecular weight is 514 g/mol. The van der Waals surface area contributed by atoms with Gasteiger partial charge in [-0.1, -0.05) is 30.1 Å². The van der Waals surface area contributed by atoms with E-state index in [4.69, 9.17) is 27.9 Å². The number of halogens is 3. The zero-order valence-electron chi connectivity index (χ0n) is 19.6. The molecule has 0 unspecified atom stereocenters. The number of ether oxygens (including phenoxy) is 1. The van der Waals surface area contributed by atoms with E-state index in [1.807, 2.05) is 6.92 Å². The fourth-order valence-electron chi connectivity index (χ4n) is 3.46. The molecule has 0 aliphatic carbocycles. The van der Waals surface area contributed by atoms with Crippen molar-refractivity contribution in [3.05, 3.63) is 63.9 Å². The highest BCUT2D eigenvalue weighted by molar-refractivity contribution is 6.35. The highest BCUT2D eigenvalue weighted by atomic mass is 35.5. The summed E-state index contributed by atoms with van der Waals surface area (Å²) in [6.45, 7) is 3.87. The van der Waals surface area contributed by atoms with Crippen LogP contribution in [0.25, 0.3) is 0 Å². The van der Waals surface area contributed by atoms with Crippen molar-refractivity contribution in [3.8, 4) is 0 Å². The van der Waals surface area contributed by atoms with Crippen molar-refractivity contribution in [2.75, 3.05) is 39.2 Å². The number of nitrogens with zero attached hydrogens (tertiary/aromatic N) is 2. The molecule has 2 aromatic carbocycles. The molecule has 7 nitrogen and oxygen atoms in total. The normalized spacial score (nSPS) is 13.6. The first-order valence-corrected chi connectivity index (χ1v) is 11.5. The molecule has 2 N–H and O–H groups in total. The molecule has 0 aromatic heterocycles. The largest absolute Gasteiger partial charge is 0.394 e. The van der Waals surface area contributed by atoms with E-state index in [0.29, 0.717) is 21.3 Å². The maximum Gasteiger partial charge on any atom is 0.322 e. The number of hydrogen-bond acceptors (Lipinski definition) is 4. The first kappa shape index (κ1) is 27.9. The lowest BCUT2D eigenvalue weighted by molar-refractivity contribution is 0.0183. The highest BCUT2D eigenvalue weighted by Crippen LogP contribution is 2.21. The average Bonchev–Trinajstić information content (AvgIpc) is 2.80. The number of anilines is 1. The minimum absolute atomic E-state index is 0.198. The molecule has 0 fully saturated rings. The van der Waals surface area contributed by atoms with Gasteiger partial charge in [0.25, 0.3) is 5.91 Å². The fraction of sp³-hybridized carbons (Fsp3) is 0.417. The van der Waals surface area contributed by atoms with Gasteiger partial charge in [-0.05, 0) is 49.4 Å². The number of rotatable bonds is 10. The Morgan fingerprint density at radius 1 is 1.09 bits per heavy atom. The SMILES string of the molecule is CO[C@@H](CN(C)C(=O)c1cc(Cl)cc(Cl)c1)[C@H](C)CN(C(=O)Nc1ccc(F)cc1)[C@H](C)CO. The number of aliphatic hydroxyl groups is 1. The zero-order chi connectivity index (χ0) is 25.4. The topological polar surface area (TPSA) is 82.1 Å². The predicted molar refractivity (Wildman–Crippen MR) is 132 cm³/mol. The van der Waals surface area contributed by atoms with Crippen molar-refractivity contribution in [2.45, 2.75) is 26.0 Å². The molecule has 0 saturated heterocycles. The molecule has 0 bridgehead atoms. The van der Waals surface area contributed by atoms with Crippen LogP contribution >= 0.6 is 23.2 Å². The maximum atomic E-state index is 13.2. The number of aliphatic hydroxyl groups excluding tert-OH is 1. The molecule has 0 radical (unpaired) electrons. The van der Waals surface area contributed by atoms with Crippen molar-refractivity contribution in [1.82, 2.24) is 9.80 Å². The summed E-state index contributed by atoms with van der Waals surface area (Å²) in [5.41, 5.74) is 0.791. The van der Waals surface area contributed by atoms with E-state index in [-0.39, 0.29) is 31.5 Å². The van der Waals surface area contributed by atoms with E-state index < -0.39 is 24.0 Å². The first-order valence-electron chi connectivity index (χ1n) is 10.7. The van der Waals surface area contributed by atoms with Crippen molar-refractivity contribution >= 4 is 40.8 Å². The Balaban J connectivity index is 2.09. The number of likely N-dealkylation sites (N-methyl/N-ethyl adjacent to an activating group) is 1. The molecule has 10 heteroatoms. The molecule has 0 aliphatic rings. The molecular formula is C24H30Cl2FN3O4. The Labute approximate surface area is 209 Å². The molecule has 186 valence electrons. The molecule has 3 amide bonds. The first-order chi connectivity index (χ1) is 16.0. The maximum absolute atomic E-state index is 13.2. The van der Waals surface area contributed by atoms with Gasteiger partial charge >= 0.3 is 6.03 Å². The number of hydrogen-bond donors (Lipinski definition) is 2. The van der Waals surface area contributed by atoms with E-state index in [1.165, 1.54) is 41.2 Å². The quantitative estimate of drug-likeness (QED) is 0.479. The summed E-state index contributed by atoms with van der Waals surface area (Å²) in [6.07, 6.45) is -0.407. The van der Waals surface area contributed by atoms with Gasteiger partial charge in [-0.25, -0.2) is 9.18 Å². The molecular weight excluding hydrogens is 484 g/mol. The summed E-state index contributed by atoms with van der Waals surface area (Å²) < 4.78 is 18.8. The Morgan fingerprint density at radius 2 is 1.68 bits per heavy atom. The number of nitrogens with one attached hydrogen (secondary N) is 1. The summed E-state index contributed by atoms with van der Waals surface area (Å²) in [5, 5.41) is 13.1. The summed E-state index contributed by atoms with van der Waals surface area (Å²) in [4.78, 5) is 28.7. The second kappa shape index (κ2) is 12.9. The highest BCUT2D eigenvalue weighted by Gasteiger charge is 2.28. The second-order valence-electron chi connectivity index (χ2n) is 8.22. The minimum atomic E-state index is -0.478. The molecule has 0 spiro atoms. The standard InChI is InChI=1S/C24H30Cl2FN3O4/c1-15(12-30(16(2)14-31)24(33)28-21-7-5-20(27)6-8-21)22(34-4)13-29(3)23(32)17-9-18(25)11-19(26)10-17/h5-11,15-16,22,31H,12-14H2,1-4H3,(H,28,33)/t15-,16-,22+/m1/s1. The van der Waals surface area contributed by atoms with Gasteiger partial charge in [0.15, 0.2) is 0 Å². The third-order valence-corrected chi connectivity index (χ3v) is 5.92. The van der Waals surface area contributed by atoms with Gasteiger partial charge in [0.2, 0.25) is 0 Å². The third kappa shape index (κ3) is 7.84. The number of amides is 3. The third-order valence-electron chi connectivity index (χ3n) is 5.48. The van der Waals surface area contributed by atoms with Gasteiger partial charge in [-0.2, -0.15) is 0 Å². The summed E-state index contributed by atoms with van der Waals surface area (Å²) in [5.74, 6) is -0.877. The van der Waals surface area contributed by atoms with Gasteiger partial charge in [0.1, 0.15) is 5.82 Å². The van der Waals surface area contributed by atoms with Crippen molar-refractivity contribution in [1.29, 1.82) is 0 Å². The van der Waals surface area contributed by atoms with Crippen LogP contribution in [-0.4, -0.2) is 72.8 Å². The Kier molecular flexibility index (Phi) is 10.6. The molecule has 34 heavy (non-hydrogen) atoms. The van der Waals surface area contributed by atoms with Gasteiger partial charge in [0.05, 0.1) is 18.8 Å². The van der Waals surface area contributed by atoms with E-state index in [2.05, 4.69) is 5.32 Å². The lowest BCUT2D eigenvalue weighted by Gasteiger charge is -2.34. The van der Waals surface area contributed by atoms with E-state index in [0.717, 1.165) is 0 Å². The zero-order valence-corrected chi connectivity index (χ0v) is 21.1. The van der Waals surface area contributed by atoms with Crippen LogP contribution in [0.2, 0.25) is 10.0 Å². The number of methoxy groups -OCH3 is 1. The van der Waals surface area contributed by atoms with Crippen LogP contribution in [0.5, 0.6) is 0 Å². The van der Waals surface area contributed by atoms with Crippen LogP contribution in [0.1, 0.15) is 24.2 Å². The van der Waals surface area contributed by atoms with Gasteiger partial charge in [0, 0.05) is 54.5 Å². The summed E-state index contributed by atoms with van der Waals surface area (Å²) in [6, 6.07) is 9.13. The predicted octanol–water partition coefficient (Wildman–Crippen LogP) is 4.77. The van der Waals surface area contributed by atoms with Crippen LogP contribution < -0.4 is 5.32 Å². The van der Waals surface area contributed by atoms with Gasteiger partial charge in [-0.15, -0.1) is 0 Å². The van der Waals surface area contributed by atoms with Crippen LogP contribution in [0, 0.1) is 11.7 Å². The number of carbonyl (C=O) groups is 2. The van der Waals surface area contributed by atoms with Crippen molar-refractivity contribution in [3.63, 3.8) is 0 Å². The Hall–Kier alpha value is -2.39. The molecule has 0 heterocycles. The molecule has 2 rings (SSSR count). The van der Waals surface area contributed by atoms with E-state index in [9.17, 15) is 19.1 Å². The number of carbonyl (C=O) groups excluding carboxylic acids is 2. The lowest BCUT2D eigenvalue weighted by atomic mass is 10.0. The molecule has 2 aromatic rings. The summed E-state index contributed by atoms with van der Waals surface area (Å²) >= 11 is 12.0. The van der Waals surface area contributed by atoms with Gasteiger partial charge in [-0.3, -0.25) is 4.79 Å². The monoisotopic (exact) mass is 513 g/mol. The summed E-state index contributed by atoms with van der Waals surface area (Å²) in [7, 11) is 3.18. The Morgan fingerprint density at radius 3 is 2.21 bits per heavy atom. The van der Waals surface area contributed by atoms with Crippen molar-refractivity contribution < 1.29 is 23.8 Å². The van der Waals surface area contributed by atoms with Crippen molar-refractivity contribution in [2.24, 2.45) is 5.92 Å². The van der Waals surface area contributed by atoms with Crippen LogP contribution in [0.3, 0.4) is 0 Å². The van der Waals surface area contributed by atoms with E-state index >= 15 is 0 Å². The molecule has 0 saturated carbocycles. The van der Waals surface area contributed by atoms with Crippen LogP contribution in [0.15, 0.2) is 42.5 Å². The molecule has 3 atom stereocenters. The van der Waals surface area contributed by atoms with Crippen LogP contribution in [0.4, 0.5) is 14.9 Å². The smallest absolute Gasteiger partial charge is 0.322 e. The lowest BCUT2D eigenvalue weighted by Crippen LogP contribution is -2.48. The number of benzene rings is 2. The number of urea groups is 1. The molecule has 0 aliphatic heterocycles.